The maximum Gasteiger partial charge on any atom is 0.243 e. The molecule has 0 bridgehead atoms. The summed E-state index contributed by atoms with van der Waals surface area (Å²) in [5, 5.41) is 21.0. The number of carbonyl (C=O) groups is 2. The Morgan fingerprint density at radius 2 is 1.90 bits per heavy atom. The van der Waals surface area contributed by atoms with Gasteiger partial charge in [0, 0.05) is 13.0 Å². The lowest BCUT2D eigenvalue weighted by molar-refractivity contribution is -0.117. The lowest BCUT2D eigenvalue weighted by atomic mass is 10.1. The van der Waals surface area contributed by atoms with Crippen molar-refractivity contribution >= 4 is 11.7 Å². The summed E-state index contributed by atoms with van der Waals surface area (Å²) >= 11 is 0. The predicted octanol–water partition coefficient (Wildman–Crippen LogP) is 1.27. The van der Waals surface area contributed by atoms with Gasteiger partial charge in [0.05, 0.1) is 11.7 Å². The summed E-state index contributed by atoms with van der Waals surface area (Å²) in [5.41, 5.74) is -0.941. The molecule has 0 aliphatic heterocycles. The summed E-state index contributed by atoms with van der Waals surface area (Å²) in [6.45, 7) is 5.01. The normalized spacial score (nSPS) is 14.1. The third-order valence-electron chi connectivity index (χ3n) is 2.30. The Balaban J connectivity index is 3.90. The molecule has 21 heavy (non-hydrogen) atoms. The fourth-order valence-corrected chi connectivity index (χ4v) is 1.25. The number of aliphatic hydroxyl groups excluding tert-OH is 1. The molecule has 118 valence electrons. The van der Waals surface area contributed by atoms with Crippen molar-refractivity contribution in [2.24, 2.45) is 0 Å². The Morgan fingerprint density at radius 3 is 2.48 bits per heavy atom. The van der Waals surface area contributed by atoms with E-state index in [1.807, 2.05) is 0 Å². The molecule has 0 aromatic carbocycles. The molecule has 0 spiro atoms. The van der Waals surface area contributed by atoms with Gasteiger partial charge in [-0.15, -0.1) is 0 Å². The molecule has 0 rings (SSSR count). The highest BCUT2D eigenvalue weighted by Gasteiger charge is 2.12. The van der Waals surface area contributed by atoms with Crippen LogP contribution in [0.4, 0.5) is 0 Å². The van der Waals surface area contributed by atoms with E-state index in [0.29, 0.717) is 12.8 Å². The zero-order valence-corrected chi connectivity index (χ0v) is 12.9. The minimum absolute atomic E-state index is 0.0493. The first kappa shape index (κ1) is 19.3. The zero-order chi connectivity index (χ0) is 16.3. The van der Waals surface area contributed by atoms with Gasteiger partial charge < -0.3 is 15.5 Å². The smallest absolute Gasteiger partial charge is 0.243 e. The molecule has 0 fully saturated rings. The Morgan fingerprint density at radius 1 is 1.24 bits per heavy atom. The zero-order valence-electron chi connectivity index (χ0n) is 12.9. The van der Waals surface area contributed by atoms with Crippen LogP contribution in [0.3, 0.4) is 0 Å². The van der Waals surface area contributed by atoms with E-state index in [1.54, 1.807) is 45.1 Å². The van der Waals surface area contributed by atoms with Crippen LogP contribution >= 0.6 is 0 Å². The second-order valence-electron chi connectivity index (χ2n) is 5.42. The Bertz CT molecular complexity index is 414. The van der Waals surface area contributed by atoms with Crippen LogP contribution in [0, 0.1) is 0 Å². The van der Waals surface area contributed by atoms with Gasteiger partial charge in [-0.05, 0) is 39.3 Å². The fraction of sp³-hybridized carbons (Fsp3) is 0.500. The first-order valence-electron chi connectivity index (χ1n) is 6.93. The Hall–Kier alpha value is -1.72. The molecular weight excluding hydrogens is 270 g/mol. The molecular formula is C16H25NO4. The second-order valence-corrected chi connectivity index (χ2v) is 5.42. The van der Waals surface area contributed by atoms with E-state index in [2.05, 4.69) is 5.32 Å². The van der Waals surface area contributed by atoms with Crippen LogP contribution in [0.15, 0.2) is 36.5 Å². The highest BCUT2D eigenvalue weighted by molar-refractivity contribution is 5.90. The molecule has 0 aliphatic carbocycles. The average Bonchev–Trinajstić information content (AvgIpc) is 2.36. The van der Waals surface area contributed by atoms with Crippen LogP contribution in [0.25, 0.3) is 0 Å². The Kier molecular flexibility index (Phi) is 9.25. The van der Waals surface area contributed by atoms with E-state index < -0.39 is 11.7 Å². The molecule has 0 heterocycles. The number of rotatable bonds is 9. The molecule has 0 unspecified atom stereocenters. The topological polar surface area (TPSA) is 86.6 Å². The number of ketones is 1. The fourth-order valence-electron chi connectivity index (χ4n) is 1.25. The van der Waals surface area contributed by atoms with E-state index in [0.717, 1.165) is 0 Å². The predicted molar refractivity (Wildman–Crippen MR) is 82.6 cm³/mol. The summed E-state index contributed by atoms with van der Waals surface area (Å²) in [7, 11) is 0. The quantitative estimate of drug-likeness (QED) is 0.442. The summed E-state index contributed by atoms with van der Waals surface area (Å²) in [5.74, 6) is -0.341. The highest BCUT2D eigenvalue weighted by atomic mass is 16.3. The minimum atomic E-state index is -0.941. The van der Waals surface area contributed by atoms with Crippen LogP contribution in [0.1, 0.15) is 33.6 Å². The molecule has 5 heteroatoms. The van der Waals surface area contributed by atoms with Crippen molar-refractivity contribution in [3.8, 4) is 0 Å². The molecule has 0 radical (unpaired) electrons. The van der Waals surface area contributed by atoms with Crippen molar-refractivity contribution < 1.29 is 19.8 Å². The summed E-state index contributed by atoms with van der Waals surface area (Å²) in [6.07, 6.45) is 9.42. The van der Waals surface area contributed by atoms with E-state index >= 15 is 0 Å². The van der Waals surface area contributed by atoms with E-state index in [4.69, 9.17) is 5.11 Å². The number of carbonyl (C=O) groups excluding carboxylic acids is 2. The van der Waals surface area contributed by atoms with E-state index in [1.165, 1.54) is 12.2 Å². The first-order chi connectivity index (χ1) is 9.70. The van der Waals surface area contributed by atoms with Crippen molar-refractivity contribution in [1.29, 1.82) is 0 Å². The summed E-state index contributed by atoms with van der Waals surface area (Å²) < 4.78 is 0. The SMILES string of the molecule is C[C@H](O)/C=C/C=C/C(=O)CC/C=C/C(=O)NCC(C)(C)O. The van der Waals surface area contributed by atoms with Gasteiger partial charge >= 0.3 is 0 Å². The minimum Gasteiger partial charge on any atom is -0.389 e. The van der Waals surface area contributed by atoms with Crippen molar-refractivity contribution in [3.63, 3.8) is 0 Å². The summed E-state index contributed by atoms with van der Waals surface area (Å²) in [4.78, 5) is 22.8. The monoisotopic (exact) mass is 295 g/mol. The third-order valence-corrected chi connectivity index (χ3v) is 2.30. The van der Waals surface area contributed by atoms with Crippen molar-refractivity contribution in [2.75, 3.05) is 6.54 Å². The number of nitrogens with one attached hydrogen (secondary N) is 1. The average molecular weight is 295 g/mol. The molecule has 0 saturated heterocycles. The van der Waals surface area contributed by atoms with Crippen LogP contribution in [-0.2, 0) is 9.59 Å². The van der Waals surface area contributed by atoms with E-state index in [9.17, 15) is 14.7 Å². The van der Waals surface area contributed by atoms with Crippen LogP contribution in [0.2, 0.25) is 0 Å². The lowest BCUT2D eigenvalue weighted by Crippen LogP contribution is -2.37. The van der Waals surface area contributed by atoms with E-state index in [-0.39, 0.29) is 18.2 Å². The van der Waals surface area contributed by atoms with Crippen LogP contribution < -0.4 is 5.32 Å². The van der Waals surface area contributed by atoms with Crippen molar-refractivity contribution in [1.82, 2.24) is 5.32 Å². The van der Waals surface area contributed by atoms with Gasteiger partial charge in [0.1, 0.15) is 0 Å². The van der Waals surface area contributed by atoms with Crippen molar-refractivity contribution in [3.05, 3.63) is 36.5 Å². The van der Waals surface area contributed by atoms with Crippen molar-refractivity contribution in [2.45, 2.75) is 45.3 Å². The number of amides is 1. The van der Waals surface area contributed by atoms with Gasteiger partial charge in [0.25, 0.3) is 0 Å². The molecule has 0 aromatic rings. The highest BCUT2D eigenvalue weighted by Crippen LogP contribution is 1.98. The Labute approximate surface area is 126 Å². The second kappa shape index (κ2) is 10.1. The number of hydrogen-bond acceptors (Lipinski definition) is 4. The molecule has 0 aliphatic rings. The third kappa shape index (κ3) is 14.5. The number of aliphatic hydroxyl groups is 2. The van der Waals surface area contributed by atoms with Gasteiger partial charge in [-0.2, -0.15) is 0 Å². The van der Waals surface area contributed by atoms with Crippen LogP contribution in [0.5, 0.6) is 0 Å². The summed E-state index contributed by atoms with van der Waals surface area (Å²) in [6, 6.07) is 0. The maximum atomic E-state index is 11.4. The van der Waals surface area contributed by atoms with Gasteiger partial charge in [0.15, 0.2) is 5.78 Å². The molecule has 3 N–H and O–H groups in total. The molecule has 1 atom stereocenters. The maximum absolute atomic E-state index is 11.4. The number of allylic oxidation sites excluding steroid dienone is 4. The van der Waals surface area contributed by atoms with Gasteiger partial charge in [-0.1, -0.05) is 24.3 Å². The molecule has 0 aromatic heterocycles. The molecule has 1 amide bonds. The van der Waals surface area contributed by atoms with Gasteiger partial charge in [-0.3, -0.25) is 9.59 Å². The lowest BCUT2D eigenvalue weighted by Gasteiger charge is -2.16. The largest absolute Gasteiger partial charge is 0.389 e. The standard InChI is InChI=1S/C16H25NO4/c1-13(18)8-4-5-9-14(19)10-6-7-11-15(20)17-12-16(2,3)21/h4-5,7-9,11,13,18,21H,6,10,12H2,1-3H3,(H,17,20)/b8-4+,9-5+,11-7+/t13-/m0/s1. The first-order valence-corrected chi connectivity index (χ1v) is 6.93. The van der Waals surface area contributed by atoms with Crippen LogP contribution in [-0.4, -0.2) is 40.2 Å². The van der Waals surface area contributed by atoms with Gasteiger partial charge in [-0.25, -0.2) is 0 Å². The molecule has 0 saturated carbocycles. The molecule has 5 nitrogen and oxygen atoms in total. The number of hydrogen-bond donors (Lipinski definition) is 3. The van der Waals surface area contributed by atoms with Gasteiger partial charge in [0.2, 0.25) is 5.91 Å².